The van der Waals surface area contributed by atoms with Gasteiger partial charge in [-0.1, -0.05) is 0 Å². The van der Waals surface area contributed by atoms with E-state index in [1.54, 1.807) is 23.1 Å². The van der Waals surface area contributed by atoms with Crippen molar-refractivity contribution in [1.29, 1.82) is 0 Å². The van der Waals surface area contributed by atoms with E-state index >= 15 is 0 Å². The van der Waals surface area contributed by atoms with Gasteiger partial charge in [0.15, 0.2) is 0 Å². The van der Waals surface area contributed by atoms with Crippen LogP contribution in [0.1, 0.15) is 18.7 Å². The molecule has 2 aromatic heterocycles. The van der Waals surface area contributed by atoms with Crippen molar-refractivity contribution in [3.8, 4) is 0 Å². The van der Waals surface area contributed by atoms with Gasteiger partial charge in [0.1, 0.15) is 5.82 Å². The van der Waals surface area contributed by atoms with Gasteiger partial charge < -0.3 is 5.73 Å². The highest BCUT2D eigenvalue weighted by molar-refractivity contribution is 5.28. The normalized spacial score (nSPS) is 13.0. The molecule has 1 unspecified atom stereocenters. The minimum atomic E-state index is 0.109. The zero-order valence-corrected chi connectivity index (χ0v) is 8.25. The smallest absolute Gasteiger partial charge is 0.122 e. The Morgan fingerprint density at radius 1 is 1.29 bits per heavy atom. The van der Waals surface area contributed by atoms with Crippen molar-refractivity contribution >= 4 is 5.82 Å². The van der Waals surface area contributed by atoms with E-state index in [0.717, 1.165) is 5.69 Å². The summed E-state index contributed by atoms with van der Waals surface area (Å²) in [6, 6.07) is 3.86. The molecule has 0 aliphatic heterocycles. The summed E-state index contributed by atoms with van der Waals surface area (Å²) in [6.07, 6.45) is 3.47. The second-order valence-corrected chi connectivity index (χ2v) is 3.26. The van der Waals surface area contributed by atoms with Gasteiger partial charge in [0.2, 0.25) is 0 Å². The first-order valence-electron chi connectivity index (χ1n) is 4.47. The summed E-state index contributed by atoms with van der Waals surface area (Å²) in [5, 5.41) is 8.28. The van der Waals surface area contributed by atoms with Gasteiger partial charge in [-0.05, 0) is 19.1 Å². The Morgan fingerprint density at radius 2 is 2.00 bits per heavy atom. The van der Waals surface area contributed by atoms with Crippen LogP contribution in [0.5, 0.6) is 0 Å². The molecule has 5 nitrogen and oxygen atoms in total. The molecule has 2 aromatic rings. The quantitative estimate of drug-likeness (QED) is 0.764. The summed E-state index contributed by atoms with van der Waals surface area (Å²) < 4.78 is 3.60. The zero-order chi connectivity index (χ0) is 10.1. The molecule has 0 aromatic carbocycles. The first-order chi connectivity index (χ1) is 6.70. The average Bonchev–Trinajstić information content (AvgIpc) is 2.73. The van der Waals surface area contributed by atoms with Gasteiger partial charge in [-0.3, -0.25) is 4.68 Å². The highest BCUT2D eigenvalue weighted by Crippen LogP contribution is 2.18. The summed E-state index contributed by atoms with van der Waals surface area (Å²) in [7, 11) is 1.91. The molecular formula is C9H13N5. The first-order valence-corrected chi connectivity index (χ1v) is 4.47. The molecule has 0 amide bonds. The Hall–Kier alpha value is -1.78. The van der Waals surface area contributed by atoms with Gasteiger partial charge in [-0.2, -0.15) is 10.2 Å². The highest BCUT2D eigenvalue weighted by Gasteiger charge is 2.13. The van der Waals surface area contributed by atoms with Crippen LogP contribution in [0, 0.1) is 0 Å². The van der Waals surface area contributed by atoms with Crippen LogP contribution in [0.4, 0.5) is 5.82 Å². The van der Waals surface area contributed by atoms with Crippen molar-refractivity contribution in [2.75, 3.05) is 5.73 Å². The van der Waals surface area contributed by atoms with Crippen molar-refractivity contribution in [1.82, 2.24) is 19.6 Å². The lowest BCUT2D eigenvalue weighted by Gasteiger charge is -2.13. The molecule has 0 aliphatic carbocycles. The monoisotopic (exact) mass is 191 g/mol. The molecule has 5 heteroatoms. The topological polar surface area (TPSA) is 61.7 Å². The van der Waals surface area contributed by atoms with Crippen LogP contribution in [0.15, 0.2) is 24.5 Å². The van der Waals surface area contributed by atoms with Crippen LogP contribution in [0.3, 0.4) is 0 Å². The molecule has 2 rings (SSSR count). The molecule has 1 atom stereocenters. The molecule has 0 fully saturated rings. The Labute approximate surface area is 82.1 Å². The molecule has 14 heavy (non-hydrogen) atoms. The number of nitrogens with zero attached hydrogens (tertiary/aromatic N) is 4. The lowest BCUT2D eigenvalue weighted by molar-refractivity contribution is 0.527. The van der Waals surface area contributed by atoms with E-state index in [2.05, 4.69) is 10.2 Å². The van der Waals surface area contributed by atoms with E-state index in [1.807, 2.05) is 24.7 Å². The number of anilines is 1. The maximum atomic E-state index is 5.77. The lowest BCUT2D eigenvalue weighted by atomic mass is 10.2. The van der Waals surface area contributed by atoms with E-state index in [9.17, 15) is 0 Å². The zero-order valence-electron chi connectivity index (χ0n) is 8.25. The van der Waals surface area contributed by atoms with Crippen molar-refractivity contribution in [2.45, 2.75) is 13.0 Å². The van der Waals surface area contributed by atoms with Crippen molar-refractivity contribution in [3.05, 3.63) is 30.2 Å². The summed E-state index contributed by atoms with van der Waals surface area (Å²) in [4.78, 5) is 0. The number of rotatable bonds is 2. The molecule has 2 N–H and O–H groups in total. The molecule has 0 radical (unpaired) electrons. The van der Waals surface area contributed by atoms with Gasteiger partial charge in [-0.15, -0.1) is 0 Å². The van der Waals surface area contributed by atoms with Crippen LogP contribution in [0.25, 0.3) is 0 Å². The molecule has 74 valence electrons. The third-order valence-corrected chi connectivity index (χ3v) is 2.35. The first kappa shape index (κ1) is 8.80. The number of hydrogen-bond donors (Lipinski definition) is 1. The molecule has 0 aliphatic rings. The fourth-order valence-corrected chi connectivity index (χ4v) is 1.57. The Kier molecular flexibility index (Phi) is 1.99. The summed E-state index contributed by atoms with van der Waals surface area (Å²) >= 11 is 0. The Morgan fingerprint density at radius 3 is 2.50 bits per heavy atom. The molecule has 0 saturated carbocycles. The third-order valence-electron chi connectivity index (χ3n) is 2.35. The summed E-state index contributed by atoms with van der Waals surface area (Å²) in [6.45, 7) is 2.04. The van der Waals surface area contributed by atoms with Crippen LogP contribution in [-0.2, 0) is 7.05 Å². The predicted octanol–water partition coefficient (Wildman–Crippen LogP) is 0.808. The average molecular weight is 191 g/mol. The van der Waals surface area contributed by atoms with E-state index in [0.29, 0.717) is 5.82 Å². The summed E-state index contributed by atoms with van der Waals surface area (Å²) in [5.74, 6) is 0.665. The third kappa shape index (κ3) is 1.26. The fourth-order valence-electron chi connectivity index (χ4n) is 1.57. The number of aromatic nitrogens is 4. The standard InChI is InChI=1S/C9H13N5/c1-7(8-3-5-11-13(8)2)14-9(10)4-6-12-14/h3-7H,10H2,1-2H3. The van der Waals surface area contributed by atoms with Crippen molar-refractivity contribution in [3.63, 3.8) is 0 Å². The van der Waals surface area contributed by atoms with E-state index in [1.165, 1.54) is 0 Å². The predicted molar refractivity (Wildman–Crippen MR) is 53.7 cm³/mol. The van der Waals surface area contributed by atoms with Crippen molar-refractivity contribution in [2.24, 2.45) is 7.05 Å². The number of hydrogen-bond acceptors (Lipinski definition) is 3. The van der Waals surface area contributed by atoms with Crippen molar-refractivity contribution < 1.29 is 0 Å². The Bertz CT molecular complexity index is 388. The fraction of sp³-hybridized carbons (Fsp3) is 0.333. The lowest BCUT2D eigenvalue weighted by Crippen LogP contribution is -2.14. The minimum Gasteiger partial charge on any atom is -0.384 e. The second kappa shape index (κ2) is 3.17. The van der Waals surface area contributed by atoms with Gasteiger partial charge in [0.25, 0.3) is 0 Å². The molecule has 0 saturated heterocycles. The molecule has 0 spiro atoms. The van der Waals surface area contributed by atoms with E-state index in [4.69, 9.17) is 5.73 Å². The largest absolute Gasteiger partial charge is 0.384 e. The van der Waals surface area contributed by atoms with Gasteiger partial charge >= 0.3 is 0 Å². The van der Waals surface area contributed by atoms with E-state index in [-0.39, 0.29) is 6.04 Å². The van der Waals surface area contributed by atoms with Crippen LogP contribution < -0.4 is 5.73 Å². The minimum absolute atomic E-state index is 0.109. The second-order valence-electron chi connectivity index (χ2n) is 3.26. The molecular weight excluding hydrogens is 178 g/mol. The number of nitrogen functional groups attached to an aromatic ring is 1. The maximum absolute atomic E-state index is 5.77. The molecule has 0 bridgehead atoms. The van der Waals surface area contributed by atoms with Crippen LogP contribution >= 0.6 is 0 Å². The van der Waals surface area contributed by atoms with Crippen LogP contribution in [-0.4, -0.2) is 19.6 Å². The number of nitrogens with two attached hydrogens (primary N) is 1. The van der Waals surface area contributed by atoms with Gasteiger partial charge in [0.05, 0.1) is 17.9 Å². The Balaban J connectivity index is 2.38. The molecule has 2 heterocycles. The van der Waals surface area contributed by atoms with Crippen LogP contribution in [0.2, 0.25) is 0 Å². The summed E-state index contributed by atoms with van der Waals surface area (Å²) in [5.41, 5.74) is 6.85. The number of aryl methyl sites for hydroxylation is 1. The SMILES string of the molecule is CC(c1ccnn1C)n1nccc1N. The maximum Gasteiger partial charge on any atom is 0.122 e. The van der Waals surface area contributed by atoms with Gasteiger partial charge in [-0.25, -0.2) is 4.68 Å². The van der Waals surface area contributed by atoms with Gasteiger partial charge in [0, 0.05) is 13.2 Å². The van der Waals surface area contributed by atoms with E-state index < -0.39 is 0 Å². The highest BCUT2D eigenvalue weighted by atomic mass is 15.3.